The van der Waals surface area contributed by atoms with Crippen LogP contribution in [0.15, 0.2) is 17.1 Å². The van der Waals surface area contributed by atoms with Crippen LogP contribution >= 0.6 is 23.2 Å². The van der Waals surface area contributed by atoms with E-state index in [0.717, 1.165) is 0 Å². The maximum Gasteiger partial charge on any atom is 0.177 e. The third-order valence-corrected chi connectivity index (χ3v) is 2.18. The van der Waals surface area contributed by atoms with E-state index in [1.54, 1.807) is 19.1 Å². The molecule has 17 heavy (non-hydrogen) atoms. The Morgan fingerprint density at radius 3 is 2.53 bits per heavy atom. The zero-order valence-corrected chi connectivity index (χ0v) is 10.8. The molecule has 0 aliphatic carbocycles. The summed E-state index contributed by atoms with van der Waals surface area (Å²) in [5, 5.41) is 0.676. The fraction of sp³-hybridized carbons (Fsp3) is 0.182. The molecule has 0 spiro atoms. The first-order valence-corrected chi connectivity index (χ1v) is 5.33. The van der Waals surface area contributed by atoms with Gasteiger partial charge in [0.2, 0.25) is 0 Å². The van der Waals surface area contributed by atoms with Crippen LogP contribution < -0.4 is 10.2 Å². The molecule has 0 unspecified atom stereocenters. The number of halogens is 2. The van der Waals surface area contributed by atoms with E-state index in [1.807, 2.05) is 0 Å². The largest absolute Gasteiger partial charge is 0.404 e. The second-order valence-corrected chi connectivity index (χ2v) is 3.59. The van der Waals surface area contributed by atoms with Crippen LogP contribution in [0.5, 0.6) is 5.75 Å². The van der Waals surface area contributed by atoms with Crippen molar-refractivity contribution in [1.82, 2.24) is 5.48 Å². The Labute approximate surface area is 109 Å². The van der Waals surface area contributed by atoms with Gasteiger partial charge in [-0.15, -0.1) is 0 Å². The van der Waals surface area contributed by atoms with Gasteiger partial charge in [-0.3, -0.25) is 10.3 Å². The number of ether oxygens (including phenoxy) is 1. The molecule has 1 N–H and O–H groups in total. The number of rotatable bonds is 4. The Morgan fingerprint density at radius 1 is 1.35 bits per heavy atom. The standard InChI is InChI=1S/C11H10Cl2N2O2/c1-3-4-17-11-9(12)5-8(6-10(11)13)14-7-15-16-2/h5-7H,1-2H3,(H,14,15). The predicted molar refractivity (Wildman–Crippen MR) is 68.8 cm³/mol. The highest BCUT2D eigenvalue weighted by Crippen LogP contribution is 2.36. The molecule has 0 aromatic heterocycles. The van der Waals surface area contributed by atoms with E-state index in [4.69, 9.17) is 27.9 Å². The molecule has 90 valence electrons. The molecule has 0 saturated carbocycles. The molecule has 1 rings (SSSR count). The van der Waals surface area contributed by atoms with Gasteiger partial charge in [0.05, 0.1) is 22.8 Å². The molecule has 6 heteroatoms. The van der Waals surface area contributed by atoms with Crippen LogP contribution in [0.1, 0.15) is 6.92 Å². The summed E-state index contributed by atoms with van der Waals surface area (Å²) in [5.41, 5.74) is 3.02. The zero-order chi connectivity index (χ0) is 12.7. The van der Waals surface area contributed by atoms with Crippen LogP contribution in [0, 0.1) is 12.0 Å². The molecule has 0 saturated heterocycles. The maximum absolute atomic E-state index is 5.98. The van der Waals surface area contributed by atoms with Crippen LogP contribution in [0.3, 0.4) is 0 Å². The van der Waals surface area contributed by atoms with E-state index in [0.29, 0.717) is 21.5 Å². The lowest BCUT2D eigenvalue weighted by atomic mass is 10.3. The Morgan fingerprint density at radius 2 is 2.00 bits per heavy atom. The van der Waals surface area contributed by atoms with E-state index >= 15 is 0 Å². The molecule has 0 atom stereocenters. The highest BCUT2D eigenvalue weighted by atomic mass is 35.5. The summed E-state index contributed by atoms with van der Waals surface area (Å²) < 4.78 is 5.08. The monoisotopic (exact) mass is 272 g/mol. The summed E-state index contributed by atoms with van der Waals surface area (Å²) >= 11 is 12.0. The van der Waals surface area contributed by atoms with Gasteiger partial charge >= 0.3 is 0 Å². The molecular weight excluding hydrogens is 263 g/mol. The van der Waals surface area contributed by atoms with E-state index in [1.165, 1.54) is 13.4 Å². The van der Waals surface area contributed by atoms with E-state index in [2.05, 4.69) is 27.3 Å². The Hall–Kier alpha value is -1.41. The van der Waals surface area contributed by atoms with E-state index < -0.39 is 0 Å². The second-order valence-electron chi connectivity index (χ2n) is 2.77. The summed E-state index contributed by atoms with van der Waals surface area (Å²) in [6.07, 6.45) is 3.80. The summed E-state index contributed by atoms with van der Waals surface area (Å²) in [5.74, 6) is 2.90. The van der Waals surface area contributed by atoms with E-state index in [-0.39, 0.29) is 0 Å². The number of aliphatic imine (C=N–C) groups is 1. The Bertz CT molecular complexity index is 455. The molecule has 1 aromatic rings. The minimum Gasteiger partial charge on any atom is -0.404 e. The zero-order valence-electron chi connectivity index (χ0n) is 9.25. The fourth-order valence-electron chi connectivity index (χ4n) is 0.974. The first-order chi connectivity index (χ1) is 8.19. The quantitative estimate of drug-likeness (QED) is 0.396. The van der Waals surface area contributed by atoms with Crippen molar-refractivity contribution in [2.45, 2.75) is 6.92 Å². The molecule has 0 radical (unpaired) electrons. The summed E-state index contributed by atoms with van der Waals surface area (Å²) in [6.45, 7) is 1.65. The molecule has 0 heterocycles. The summed E-state index contributed by atoms with van der Waals surface area (Å²) in [7, 11) is 1.48. The molecule has 0 fully saturated rings. The number of nitrogens with one attached hydrogen (secondary N) is 1. The third-order valence-electron chi connectivity index (χ3n) is 1.62. The van der Waals surface area contributed by atoms with Crippen LogP contribution in [-0.2, 0) is 4.84 Å². The molecule has 1 aromatic carbocycles. The normalized spacial score (nSPS) is 9.88. The predicted octanol–water partition coefficient (Wildman–Crippen LogP) is 3.16. The summed E-state index contributed by atoms with van der Waals surface area (Å²) in [6, 6.07) is 3.21. The average Bonchev–Trinajstić information content (AvgIpc) is 2.28. The fourth-order valence-corrected chi connectivity index (χ4v) is 1.53. The van der Waals surface area contributed by atoms with Crippen molar-refractivity contribution in [1.29, 1.82) is 0 Å². The average molecular weight is 273 g/mol. The highest BCUT2D eigenvalue weighted by molar-refractivity contribution is 6.37. The van der Waals surface area contributed by atoms with Crippen LogP contribution in [0.2, 0.25) is 10.0 Å². The van der Waals surface area contributed by atoms with Gasteiger partial charge in [0, 0.05) is 6.92 Å². The number of hydroxylamine groups is 1. The van der Waals surface area contributed by atoms with Gasteiger partial charge in [-0.2, -0.15) is 0 Å². The minimum absolute atomic E-state index is 0.321. The van der Waals surface area contributed by atoms with Gasteiger partial charge in [-0.1, -0.05) is 29.1 Å². The molecular formula is C11H10Cl2N2O2. The van der Waals surface area contributed by atoms with Gasteiger partial charge in [-0.25, -0.2) is 4.99 Å². The van der Waals surface area contributed by atoms with Gasteiger partial charge in [0.1, 0.15) is 12.4 Å². The minimum atomic E-state index is 0.321. The van der Waals surface area contributed by atoms with Gasteiger partial charge in [-0.05, 0) is 12.1 Å². The van der Waals surface area contributed by atoms with Crippen molar-refractivity contribution in [2.75, 3.05) is 7.11 Å². The van der Waals surface area contributed by atoms with Crippen molar-refractivity contribution in [3.63, 3.8) is 0 Å². The molecule has 0 aliphatic rings. The lowest BCUT2D eigenvalue weighted by Crippen LogP contribution is -2.07. The SMILES string of the molecule is CC#COc1c(Cl)cc(N=CNOC)cc1Cl. The topological polar surface area (TPSA) is 42.8 Å². The number of nitrogens with zero attached hydrogens (tertiary/aromatic N) is 1. The maximum atomic E-state index is 5.98. The smallest absolute Gasteiger partial charge is 0.177 e. The van der Waals surface area contributed by atoms with Crippen LogP contribution in [0.4, 0.5) is 5.69 Å². The van der Waals surface area contributed by atoms with Crippen LogP contribution in [0.25, 0.3) is 0 Å². The lowest BCUT2D eigenvalue weighted by molar-refractivity contribution is 0.148. The third kappa shape index (κ3) is 4.16. The first-order valence-electron chi connectivity index (χ1n) is 4.57. The molecule has 0 bridgehead atoms. The molecule has 0 amide bonds. The summed E-state index contributed by atoms with van der Waals surface area (Å²) in [4.78, 5) is 8.61. The number of benzene rings is 1. The van der Waals surface area contributed by atoms with Gasteiger partial charge in [0.25, 0.3) is 0 Å². The van der Waals surface area contributed by atoms with Crippen molar-refractivity contribution in [2.24, 2.45) is 4.99 Å². The highest BCUT2D eigenvalue weighted by Gasteiger charge is 2.08. The van der Waals surface area contributed by atoms with E-state index in [9.17, 15) is 0 Å². The van der Waals surface area contributed by atoms with Crippen molar-refractivity contribution in [3.05, 3.63) is 22.2 Å². The first kappa shape index (κ1) is 13.7. The Kier molecular flexibility index (Phi) is 5.64. The molecule has 4 nitrogen and oxygen atoms in total. The number of hydrogen-bond acceptors (Lipinski definition) is 3. The lowest BCUT2D eigenvalue weighted by Gasteiger charge is -2.04. The van der Waals surface area contributed by atoms with Gasteiger partial charge < -0.3 is 4.74 Å². The van der Waals surface area contributed by atoms with Crippen molar-refractivity contribution < 1.29 is 9.57 Å². The van der Waals surface area contributed by atoms with Crippen molar-refractivity contribution in [3.8, 4) is 17.8 Å². The Balaban J connectivity index is 2.95. The second kappa shape index (κ2) is 7.02. The van der Waals surface area contributed by atoms with Crippen molar-refractivity contribution >= 4 is 35.2 Å². The number of hydrogen-bond donors (Lipinski definition) is 1. The van der Waals surface area contributed by atoms with Gasteiger partial charge in [0.15, 0.2) is 5.75 Å². The van der Waals surface area contributed by atoms with Crippen LogP contribution in [-0.4, -0.2) is 13.4 Å². The molecule has 0 aliphatic heterocycles.